The predicted molar refractivity (Wildman–Crippen MR) is 90.9 cm³/mol. The maximum absolute atomic E-state index is 13.6. The van der Waals surface area contributed by atoms with Crippen molar-refractivity contribution in [2.45, 2.75) is 57.0 Å². The molecule has 0 saturated carbocycles. The van der Waals surface area contributed by atoms with E-state index in [2.05, 4.69) is 0 Å². The first kappa shape index (κ1) is 22.2. The molecule has 1 fully saturated rings. The van der Waals surface area contributed by atoms with Crippen LogP contribution in [0.1, 0.15) is 24.0 Å². The summed E-state index contributed by atoms with van der Waals surface area (Å²) in [5, 5.41) is 8.87. The summed E-state index contributed by atoms with van der Waals surface area (Å²) in [5.74, 6) is -0.726. The van der Waals surface area contributed by atoms with Crippen LogP contribution < -0.4 is 4.90 Å². The summed E-state index contributed by atoms with van der Waals surface area (Å²) in [5.41, 5.74) is -2.32. The zero-order valence-electron chi connectivity index (χ0n) is 15.3. The van der Waals surface area contributed by atoms with Crippen LogP contribution in [0.2, 0.25) is 19.6 Å². The van der Waals surface area contributed by atoms with E-state index in [1.165, 1.54) is 6.07 Å². The van der Waals surface area contributed by atoms with Crippen molar-refractivity contribution in [2.75, 3.05) is 4.90 Å². The summed E-state index contributed by atoms with van der Waals surface area (Å²) >= 11 is 0. The molecule has 1 heterocycles. The number of halogens is 6. The Morgan fingerprint density at radius 3 is 2.29 bits per heavy atom. The second kappa shape index (κ2) is 7.40. The van der Waals surface area contributed by atoms with Gasteiger partial charge in [-0.3, -0.25) is 4.79 Å². The van der Waals surface area contributed by atoms with Crippen molar-refractivity contribution < 1.29 is 35.6 Å². The topological polar surface area (TPSA) is 53.3 Å². The number of rotatable bonds is 4. The van der Waals surface area contributed by atoms with Gasteiger partial charge in [0.15, 0.2) is 14.4 Å². The van der Waals surface area contributed by atoms with E-state index in [4.69, 9.17) is 9.69 Å². The van der Waals surface area contributed by atoms with E-state index < -0.39 is 49.8 Å². The number of hydrogen-bond donors (Lipinski definition) is 0. The zero-order valence-corrected chi connectivity index (χ0v) is 16.3. The Labute approximate surface area is 158 Å². The minimum atomic E-state index is -4.89. The van der Waals surface area contributed by atoms with E-state index in [1.54, 1.807) is 19.6 Å². The predicted octanol–water partition coefficient (Wildman–Crippen LogP) is 4.85. The molecule has 0 aromatic heterocycles. The maximum Gasteiger partial charge on any atom is 0.417 e. The van der Waals surface area contributed by atoms with Crippen LogP contribution in [0.15, 0.2) is 18.2 Å². The Kier molecular flexibility index (Phi) is 5.88. The van der Waals surface area contributed by atoms with Crippen molar-refractivity contribution in [1.29, 1.82) is 5.26 Å². The fourth-order valence-electron chi connectivity index (χ4n) is 3.09. The molecule has 2 rings (SSSR count). The van der Waals surface area contributed by atoms with Crippen LogP contribution in [-0.2, 0) is 15.4 Å². The van der Waals surface area contributed by atoms with Crippen LogP contribution in [0.5, 0.6) is 0 Å². The highest BCUT2D eigenvalue weighted by Crippen LogP contribution is 2.40. The summed E-state index contributed by atoms with van der Waals surface area (Å²) in [6, 6.07) is 2.36. The fourth-order valence-corrected chi connectivity index (χ4v) is 4.14. The van der Waals surface area contributed by atoms with Crippen LogP contribution in [-0.4, -0.2) is 32.5 Å². The molecule has 0 aliphatic carbocycles. The number of nitriles is 1. The smallest absolute Gasteiger partial charge is 0.404 e. The number of carbonyl (C=O) groups is 1. The highest BCUT2D eigenvalue weighted by Gasteiger charge is 2.52. The summed E-state index contributed by atoms with van der Waals surface area (Å²) in [4.78, 5) is 13.0. The molecular weight excluding hydrogens is 406 g/mol. The Bertz CT molecular complexity index is 795. The first-order chi connectivity index (χ1) is 12.6. The molecule has 1 aliphatic heterocycles. The second-order valence-corrected chi connectivity index (χ2v) is 11.9. The monoisotopic (exact) mass is 424 g/mol. The molecule has 0 N–H and O–H groups in total. The number of benzene rings is 1. The van der Waals surface area contributed by atoms with E-state index in [-0.39, 0.29) is 18.5 Å². The van der Waals surface area contributed by atoms with Gasteiger partial charge in [0.1, 0.15) is 0 Å². The molecule has 0 bridgehead atoms. The first-order valence-corrected chi connectivity index (χ1v) is 11.7. The minimum absolute atomic E-state index is 0.200. The van der Waals surface area contributed by atoms with Crippen LogP contribution in [0.4, 0.5) is 32.0 Å². The fraction of sp³-hybridized carbons (Fsp3) is 0.529. The average molecular weight is 424 g/mol. The highest BCUT2D eigenvalue weighted by atomic mass is 28.4. The molecule has 1 amide bonds. The number of amides is 1. The molecule has 4 nitrogen and oxygen atoms in total. The lowest BCUT2D eigenvalue weighted by Gasteiger charge is -2.36. The van der Waals surface area contributed by atoms with Crippen LogP contribution in [0.25, 0.3) is 0 Å². The van der Waals surface area contributed by atoms with E-state index in [1.807, 2.05) is 0 Å². The molecule has 1 saturated heterocycles. The number of nitrogens with zero attached hydrogens (tertiary/aromatic N) is 2. The van der Waals surface area contributed by atoms with Crippen LogP contribution in [0.3, 0.4) is 0 Å². The van der Waals surface area contributed by atoms with Crippen molar-refractivity contribution in [2.24, 2.45) is 0 Å². The first-order valence-electron chi connectivity index (χ1n) is 8.33. The van der Waals surface area contributed by atoms with E-state index >= 15 is 0 Å². The van der Waals surface area contributed by atoms with Gasteiger partial charge in [-0.2, -0.15) is 31.6 Å². The zero-order chi connectivity index (χ0) is 21.5. The highest BCUT2D eigenvalue weighted by molar-refractivity contribution is 6.69. The summed E-state index contributed by atoms with van der Waals surface area (Å²) in [6.45, 7) is 4.66. The van der Waals surface area contributed by atoms with Crippen molar-refractivity contribution in [3.05, 3.63) is 29.3 Å². The Morgan fingerprint density at radius 2 is 1.82 bits per heavy atom. The maximum atomic E-state index is 13.6. The molecule has 1 aromatic carbocycles. The third-order valence-electron chi connectivity index (χ3n) is 4.11. The van der Waals surface area contributed by atoms with Gasteiger partial charge in [-0.1, -0.05) is 0 Å². The van der Waals surface area contributed by atoms with Gasteiger partial charge in [-0.25, -0.2) is 0 Å². The minimum Gasteiger partial charge on any atom is -0.404 e. The largest absolute Gasteiger partial charge is 0.417 e. The van der Waals surface area contributed by atoms with Crippen LogP contribution in [0, 0.1) is 11.3 Å². The van der Waals surface area contributed by atoms with Crippen molar-refractivity contribution >= 4 is 19.9 Å². The molecule has 28 heavy (non-hydrogen) atoms. The molecule has 154 valence electrons. The second-order valence-electron chi connectivity index (χ2n) is 7.40. The lowest BCUT2D eigenvalue weighted by molar-refractivity contribution is -0.202. The Hall–Kier alpha value is -2.06. The third-order valence-corrected chi connectivity index (χ3v) is 5.08. The summed E-state index contributed by atoms with van der Waals surface area (Å²) in [6.07, 6.45) is -12.4. The molecule has 0 spiro atoms. The van der Waals surface area contributed by atoms with Gasteiger partial charge in [-0.15, -0.1) is 0 Å². The number of carbonyl (C=O) groups excluding carboxylic acids is 1. The SMILES string of the molecule is C[Si](C)(C)OC(C1CCC(=O)N1c1ccc(C#N)c(C(F)(F)F)c1)C(F)(F)F. The molecule has 0 radical (unpaired) electrons. The third kappa shape index (κ3) is 4.85. The molecule has 1 aromatic rings. The number of alkyl halides is 6. The normalized spacial score (nSPS) is 19.6. The van der Waals surface area contributed by atoms with E-state index in [0.717, 1.165) is 12.1 Å². The molecule has 2 unspecified atom stereocenters. The molecule has 11 heteroatoms. The van der Waals surface area contributed by atoms with E-state index in [0.29, 0.717) is 11.0 Å². The van der Waals surface area contributed by atoms with Crippen molar-refractivity contribution in [3.8, 4) is 6.07 Å². The Balaban J connectivity index is 2.53. The van der Waals surface area contributed by atoms with Crippen molar-refractivity contribution in [3.63, 3.8) is 0 Å². The average Bonchev–Trinajstić information content (AvgIpc) is 2.90. The quantitative estimate of drug-likeness (QED) is 0.513. The lowest BCUT2D eigenvalue weighted by Crippen LogP contribution is -2.53. The van der Waals surface area contributed by atoms with Gasteiger partial charge >= 0.3 is 12.4 Å². The van der Waals surface area contributed by atoms with Gasteiger partial charge in [-0.05, 0) is 44.3 Å². The standard InChI is InChI=1S/C17H18F6N2O2Si/c1-28(2,3)27-15(17(21,22)23)13-6-7-14(26)25(13)11-5-4-10(9-24)12(8-11)16(18,19)20/h4-5,8,13,15H,6-7H2,1-3H3. The summed E-state index contributed by atoms with van der Waals surface area (Å²) in [7, 11) is -2.69. The van der Waals surface area contributed by atoms with Gasteiger partial charge in [0.2, 0.25) is 5.91 Å². The van der Waals surface area contributed by atoms with Gasteiger partial charge in [0.25, 0.3) is 0 Å². The number of hydrogen-bond acceptors (Lipinski definition) is 3. The molecule has 2 atom stereocenters. The van der Waals surface area contributed by atoms with Gasteiger partial charge in [0.05, 0.1) is 23.2 Å². The van der Waals surface area contributed by atoms with Gasteiger partial charge < -0.3 is 9.33 Å². The van der Waals surface area contributed by atoms with Gasteiger partial charge in [0, 0.05) is 12.1 Å². The molecular formula is C17H18F6N2O2Si. The van der Waals surface area contributed by atoms with Crippen molar-refractivity contribution in [1.82, 2.24) is 0 Å². The number of anilines is 1. The van der Waals surface area contributed by atoms with Crippen LogP contribution >= 0.6 is 0 Å². The Morgan fingerprint density at radius 1 is 1.21 bits per heavy atom. The summed E-state index contributed by atoms with van der Waals surface area (Å²) < 4.78 is 85.8. The lowest BCUT2D eigenvalue weighted by atomic mass is 10.0. The molecule has 1 aliphatic rings. The van der Waals surface area contributed by atoms with E-state index in [9.17, 15) is 31.1 Å².